The van der Waals surface area contributed by atoms with Crippen LogP contribution in [0, 0.1) is 0 Å². The van der Waals surface area contributed by atoms with Gasteiger partial charge in [-0.25, -0.2) is 9.97 Å². The maximum Gasteiger partial charge on any atom is 0.273 e. The minimum atomic E-state index is -0.146. The Kier molecular flexibility index (Phi) is 3.97. The van der Waals surface area contributed by atoms with E-state index in [-0.39, 0.29) is 18.1 Å². The lowest BCUT2D eigenvalue weighted by Gasteiger charge is -2.38. The summed E-state index contributed by atoms with van der Waals surface area (Å²) >= 11 is 6.18. The molecule has 31 heavy (non-hydrogen) atoms. The van der Waals surface area contributed by atoms with Crippen molar-refractivity contribution in [2.75, 3.05) is 18.9 Å². The summed E-state index contributed by atoms with van der Waals surface area (Å²) in [6.07, 6.45) is 3.96. The molecule has 2 aliphatic rings. The van der Waals surface area contributed by atoms with Crippen molar-refractivity contribution in [3.05, 3.63) is 58.5 Å². The lowest BCUT2D eigenvalue weighted by molar-refractivity contribution is -0.0517. The van der Waals surface area contributed by atoms with Gasteiger partial charge in [-0.15, -0.1) is 0 Å². The van der Waals surface area contributed by atoms with Crippen molar-refractivity contribution in [3.8, 4) is 0 Å². The number of halogens is 1. The van der Waals surface area contributed by atoms with E-state index < -0.39 is 0 Å². The van der Waals surface area contributed by atoms with Crippen LogP contribution in [-0.4, -0.2) is 49.8 Å². The van der Waals surface area contributed by atoms with Crippen molar-refractivity contribution >= 4 is 45.1 Å². The van der Waals surface area contributed by atoms with Crippen molar-refractivity contribution in [1.82, 2.24) is 24.6 Å². The minimum absolute atomic E-state index is 0.0723. The van der Waals surface area contributed by atoms with Gasteiger partial charge >= 0.3 is 0 Å². The van der Waals surface area contributed by atoms with Crippen molar-refractivity contribution in [3.63, 3.8) is 0 Å². The first-order valence-corrected chi connectivity index (χ1v) is 10.5. The standard InChI is InChI=1S/C22H19ClN6O2/c1-28-19-14-8-16(25-10-17(14)27-21(24)15(19)9-26-28)22(30)29-4-5-31-18-7-11-6-12(23)2-3-13(11)20(18)29/h2-3,6,8-10,18,20H,4-5,7H2,1H3,(H2,24,27)/t18-,20+/m1/s1. The molecule has 1 fully saturated rings. The fourth-order valence-corrected chi connectivity index (χ4v) is 5.08. The normalized spacial score (nSPS) is 20.3. The number of aryl methyl sites for hydroxylation is 1. The molecule has 0 spiro atoms. The summed E-state index contributed by atoms with van der Waals surface area (Å²) < 4.78 is 7.74. The Morgan fingerprint density at radius 1 is 1.26 bits per heavy atom. The molecule has 0 saturated carbocycles. The predicted molar refractivity (Wildman–Crippen MR) is 117 cm³/mol. The molecule has 3 aromatic heterocycles. The van der Waals surface area contributed by atoms with Gasteiger partial charge in [0, 0.05) is 30.4 Å². The van der Waals surface area contributed by atoms with Crippen molar-refractivity contribution in [1.29, 1.82) is 0 Å². The fourth-order valence-electron chi connectivity index (χ4n) is 4.88. The van der Waals surface area contributed by atoms with Crippen molar-refractivity contribution < 1.29 is 9.53 Å². The second kappa shape index (κ2) is 6.63. The number of nitrogen functional groups attached to an aromatic ring is 1. The van der Waals surface area contributed by atoms with Gasteiger partial charge in [0.1, 0.15) is 11.5 Å². The van der Waals surface area contributed by atoms with Crippen molar-refractivity contribution in [2.24, 2.45) is 7.05 Å². The molecule has 1 aromatic carbocycles. The molecule has 9 heteroatoms. The number of morpholine rings is 1. The Labute approximate surface area is 182 Å². The number of fused-ring (bicyclic) bond motifs is 6. The van der Waals surface area contributed by atoms with Crippen LogP contribution in [0.2, 0.25) is 5.02 Å². The summed E-state index contributed by atoms with van der Waals surface area (Å²) in [7, 11) is 1.84. The third kappa shape index (κ3) is 2.72. The summed E-state index contributed by atoms with van der Waals surface area (Å²) in [6.45, 7) is 0.995. The van der Waals surface area contributed by atoms with Crippen LogP contribution in [0.15, 0.2) is 36.7 Å². The molecule has 1 aliphatic heterocycles. The molecule has 0 radical (unpaired) electrons. The van der Waals surface area contributed by atoms with E-state index in [1.807, 2.05) is 30.1 Å². The number of carbonyl (C=O) groups is 1. The molecule has 156 valence electrons. The number of carbonyl (C=O) groups excluding carboxylic acids is 1. The summed E-state index contributed by atoms with van der Waals surface area (Å²) in [6, 6.07) is 7.47. The summed E-state index contributed by atoms with van der Waals surface area (Å²) in [4.78, 5) is 24.3. The molecule has 1 aliphatic carbocycles. The van der Waals surface area contributed by atoms with E-state index in [9.17, 15) is 4.79 Å². The highest BCUT2D eigenvalue weighted by molar-refractivity contribution is 6.30. The van der Waals surface area contributed by atoms with Crippen LogP contribution in [0.5, 0.6) is 0 Å². The van der Waals surface area contributed by atoms with Crippen LogP contribution >= 0.6 is 11.6 Å². The van der Waals surface area contributed by atoms with Crippen LogP contribution in [0.1, 0.15) is 27.7 Å². The predicted octanol–water partition coefficient (Wildman–Crippen LogP) is 2.89. The van der Waals surface area contributed by atoms with E-state index in [4.69, 9.17) is 22.1 Å². The Morgan fingerprint density at radius 3 is 3.00 bits per heavy atom. The first kappa shape index (κ1) is 18.5. The molecule has 1 amide bonds. The molecule has 1 saturated heterocycles. The largest absolute Gasteiger partial charge is 0.383 e. The number of nitrogens with two attached hydrogens (primary N) is 1. The first-order valence-electron chi connectivity index (χ1n) is 10.1. The van der Waals surface area contributed by atoms with Gasteiger partial charge < -0.3 is 15.4 Å². The Balaban J connectivity index is 1.45. The number of hydrogen-bond donors (Lipinski definition) is 1. The minimum Gasteiger partial charge on any atom is -0.383 e. The number of ether oxygens (including phenoxy) is 1. The number of hydrogen-bond acceptors (Lipinski definition) is 6. The zero-order valence-electron chi connectivity index (χ0n) is 16.7. The van der Waals surface area contributed by atoms with E-state index in [1.165, 1.54) is 0 Å². The van der Waals surface area contributed by atoms with Gasteiger partial charge in [-0.3, -0.25) is 9.48 Å². The second-order valence-electron chi connectivity index (χ2n) is 8.01. The van der Waals surface area contributed by atoms with E-state index in [0.29, 0.717) is 35.2 Å². The number of rotatable bonds is 1. The maximum absolute atomic E-state index is 13.6. The van der Waals surface area contributed by atoms with Gasteiger partial charge in [0.05, 0.1) is 47.6 Å². The lowest BCUT2D eigenvalue weighted by Crippen LogP contribution is -2.46. The van der Waals surface area contributed by atoms with Gasteiger partial charge in [-0.1, -0.05) is 17.7 Å². The van der Waals surface area contributed by atoms with Gasteiger partial charge in [0.15, 0.2) is 0 Å². The van der Waals surface area contributed by atoms with Gasteiger partial charge in [0.25, 0.3) is 5.91 Å². The Bertz CT molecular complexity index is 1380. The van der Waals surface area contributed by atoms with E-state index in [0.717, 1.165) is 33.8 Å². The quantitative estimate of drug-likeness (QED) is 0.494. The number of pyridine rings is 2. The Morgan fingerprint density at radius 2 is 2.13 bits per heavy atom. The van der Waals surface area contributed by atoms with E-state index in [1.54, 1.807) is 23.1 Å². The highest BCUT2D eigenvalue weighted by Crippen LogP contribution is 2.41. The van der Waals surface area contributed by atoms with Gasteiger partial charge in [-0.2, -0.15) is 5.10 Å². The zero-order valence-corrected chi connectivity index (χ0v) is 17.5. The van der Waals surface area contributed by atoms with Crippen LogP contribution < -0.4 is 5.73 Å². The van der Waals surface area contributed by atoms with E-state index >= 15 is 0 Å². The maximum atomic E-state index is 13.6. The molecule has 0 unspecified atom stereocenters. The third-order valence-corrected chi connectivity index (χ3v) is 6.51. The first-order chi connectivity index (χ1) is 15.0. The molecule has 4 aromatic rings. The second-order valence-corrected chi connectivity index (χ2v) is 8.45. The molecular weight excluding hydrogens is 416 g/mol. The number of aromatic nitrogens is 4. The smallest absolute Gasteiger partial charge is 0.273 e. The number of amides is 1. The van der Waals surface area contributed by atoms with Crippen LogP contribution in [0.4, 0.5) is 5.82 Å². The Hall–Kier alpha value is -3.23. The van der Waals surface area contributed by atoms with Crippen LogP contribution in [0.3, 0.4) is 0 Å². The molecule has 8 nitrogen and oxygen atoms in total. The topological polar surface area (TPSA) is 99.2 Å². The highest BCUT2D eigenvalue weighted by atomic mass is 35.5. The molecule has 0 bridgehead atoms. The highest BCUT2D eigenvalue weighted by Gasteiger charge is 2.42. The number of nitrogens with zero attached hydrogens (tertiary/aromatic N) is 5. The molecule has 4 heterocycles. The third-order valence-electron chi connectivity index (χ3n) is 6.27. The van der Waals surface area contributed by atoms with Gasteiger partial charge in [0.2, 0.25) is 0 Å². The van der Waals surface area contributed by atoms with Crippen LogP contribution in [0.25, 0.3) is 21.8 Å². The molecule has 2 atom stereocenters. The van der Waals surface area contributed by atoms with Gasteiger partial charge in [-0.05, 0) is 29.3 Å². The molecule has 6 rings (SSSR count). The average Bonchev–Trinajstić information content (AvgIpc) is 3.33. The fraction of sp³-hybridized carbons (Fsp3) is 0.273. The molecule has 2 N–H and O–H groups in total. The molecular formula is C22H19ClN6O2. The number of benzene rings is 1. The average molecular weight is 435 g/mol. The lowest BCUT2D eigenvalue weighted by atomic mass is 10.0. The summed E-state index contributed by atoms with van der Waals surface area (Å²) in [5, 5.41) is 6.55. The monoisotopic (exact) mass is 434 g/mol. The van der Waals surface area contributed by atoms with Crippen molar-refractivity contribution in [2.45, 2.75) is 18.6 Å². The van der Waals surface area contributed by atoms with Crippen LogP contribution in [-0.2, 0) is 18.2 Å². The number of anilines is 1. The summed E-state index contributed by atoms with van der Waals surface area (Å²) in [5.74, 6) is 0.267. The zero-order chi connectivity index (χ0) is 21.3. The SMILES string of the molecule is Cn1ncc2c(N)nc3cnc(C(=O)N4CCO[C@@H]5Cc6cc(Cl)ccc6[C@@H]54)cc3c21. The van der Waals surface area contributed by atoms with E-state index in [2.05, 4.69) is 15.1 Å². The summed E-state index contributed by atoms with van der Waals surface area (Å²) in [5.41, 5.74) is 10.1.